The van der Waals surface area contributed by atoms with E-state index in [1.165, 1.54) is 6.07 Å². The molecule has 1 saturated heterocycles. The van der Waals surface area contributed by atoms with Gasteiger partial charge in [0.25, 0.3) is 0 Å². The number of hydrogen-bond donors (Lipinski definition) is 1. The summed E-state index contributed by atoms with van der Waals surface area (Å²) in [5.74, 6) is 0.363. The smallest absolute Gasteiger partial charge is 0.144 e. The third-order valence-corrected chi connectivity index (χ3v) is 3.54. The van der Waals surface area contributed by atoms with Gasteiger partial charge in [-0.15, -0.1) is 0 Å². The molecule has 1 aliphatic heterocycles. The second-order valence-corrected chi connectivity index (χ2v) is 5.32. The Bertz CT molecular complexity index is 370. The number of hydrogen-bond acceptors (Lipinski definition) is 2. The summed E-state index contributed by atoms with van der Waals surface area (Å²) < 4.78 is 14.2. The van der Waals surface area contributed by atoms with Crippen LogP contribution in [0.3, 0.4) is 0 Å². The molecule has 0 aromatic carbocycles. The first-order valence-corrected chi connectivity index (χ1v) is 6.48. The molecule has 1 aromatic heterocycles. The Morgan fingerprint density at radius 1 is 1.56 bits per heavy atom. The van der Waals surface area contributed by atoms with Crippen molar-refractivity contribution in [2.45, 2.75) is 32.2 Å². The molecule has 2 heterocycles. The van der Waals surface area contributed by atoms with Crippen molar-refractivity contribution in [2.24, 2.45) is 5.92 Å². The number of halogens is 2. The highest BCUT2D eigenvalue weighted by atomic mass is 79.9. The topological polar surface area (TPSA) is 24.9 Å². The van der Waals surface area contributed by atoms with E-state index in [9.17, 15) is 4.39 Å². The Kier molecular flexibility index (Phi) is 3.92. The maximum atomic E-state index is 13.5. The summed E-state index contributed by atoms with van der Waals surface area (Å²) in [5, 5.41) is 3.40. The number of piperidine rings is 1. The van der Waals surface area contributed by atoms with E-state index in [0.717, 1.165) is 25.8 Å². The minimum atomic E-state index is -0.186. The van der Waals surface area contributed by atoms with Crippen LogP contribution in [0.2, 0.25) is 0 Å². The second-order valence-electron chi connectivity index (χ2n) is 4.51. The van der Waals surface area contributed by atoms with Crippen molar-refractivity contribution in [3.8, 4) is 0 Å². The van der Waals surface area contributed by atoms with Gasteiger partial charge in [0.2, 0.25) is 0 Å². The van der Waals surface area contributed by atoms with Crippen molar-refractivity contribution < 1.29 is 4.39 Å². The first kappa shape index (κ1) is 12.0. The molecular formula is C12H16BrFN2. The SMILES string of the molecule is C[C@@H]1CC(Cc2nc(Br)ccc2F)CCN1. The van der Waals surface area contributed by atoms with Gasteiger partial charge in [-0.3, -0.25) is 0 Å². The highest BCUT2D eigenvalue weighted by Gasteiger charge is 2.20. The Morgan fingerprint density at radius 2 is 2.38 bits per heavy atom. The lowest BCUT2D eigenvalue weighted by molar-refractivity contribution is 0.309. The lowest BCUT2D eigenvalue weighted by Crippen LogP contribution is -2.36. The number of rotatable bonds is 2. The molecule has 0 amide bonds. The highest BCUT2D eigenvalue weighted by molar-refractivity contribution is 9.10. The Labute approximate surface area is 104 Å². The molecule has 0 radical (unpaired) electrons. The minimum Gasteiger partial charge on any atom is -0.314 e. The zero-order chi connectivity index (χ0) is 11.5. The third kappa shape index (κ3) is 3.01. The lowest BCUT2D eigenvalue weighted by atomic mass is 9.89. The van der Waals surface area contributed by atoms with Crippen LogP contribution < -0.4 is 5.32 Å². The van der Waals surface area contributed by atoms with Gasteiger partial charge in [-0.1, -0.05) is 0 Å². The van der Waals surface area contributed by atoms with Gasteiger partial charge in [0.05, 0.1) is 5.69 Å². The molecule has 1 aromatic rings. The predicted octanol–water partition coefficient (Wildman–Crippen LogP) is 2.91. The van der Waals surface area contributed by atoms with Crippen LogP contribution in [-0.2, 0) is 6.42 Å². The molecule has 1 N–H and O–H groups in total. The number of nitrogens with one attached hydrogen (secondary N) is 1. The summed E-state index contributed by atoms with van der Waals surface area (Å²) in [6, 6.07) is 3.66. The molecule has 0 aliphatic carbocycles. The molecule has 2 nitrogen and oxygen atoms in total. The van der Waals surface area contributed by atoms with Gasteiger partial charge in [-0.05, 0) is 66.7 Å². The largest absolute Gasteiger partial charge is 0.314 e. The van der Waals surface area contributed by atoms with Gasteiger partial charge in [0.15, 0.2) is 0 Å². The average molecular weight is 287 g/mol. The van der Waals surface area contributed by atoms with Crippen LogP contribution in [-0.4, -0.2) is 17.6 Å². The molecule has 1 aliphatic rings. The monoisotopic (exact) mass is 286 g/mol. The standard InChI is InChI=1S/C12H16BrFN2/c1-8-6-9(4-5-15-8)7-11-10(14)2-3-12(13)16-11/h2-3,8-9,15H,4-7H2,1H3/t8-,9?/m1/s1. The first-order valence-electron chi connectivity index (χ1n) is 5.69. The van der Waals surface area contributed by atoms with Crippen LogP contribution in [0, 0.1) is 11.7 Å². The minimum absolute atomic E-state index is 0.186. The molecule has 1 unspecified atom stereocenters. The van der Waals surface area contributed by atoms with Crippen molar-refractivity contribution in [3.05, 3.63) is 28.2 Å². The van der Waals surface area contributed by atoms with E-state index in [4.69, 9.17) is 0 Å². The molecule has 0 saturated carbocycles. The van der Waals surface area contributed by atoms with Gasteiger partial charge < -0.3 is 5.32 Å². The maximum absolute atomic E-state index is 13.5. The van der Waals surface area contributed by atoms with Crippen LogP contribution in [0.4, 0.5) is 4.39 Å². The summed E-state index contributed by atoms with van der Waals surface area (Å²) in [6.45, 7) is 3.21. The van der Waals surface area contributed by atoms with Crippen molar-refractivity contribution in [2.75, 3.05) is 6.54 Å². The molecule has 0 bridgehead atoms. The van der Waals surface area contributed by atoms with E-state index in [2.05, 4.69) is 33.2 Å². The van der Waals surface area contributed by atoms with Gasteiger partial charge >= 0.3 is 0 Å². The van der Waals surface area contributed by atoms with E-state index < -0.39 is 0 Å². The van der Waals surface area contributed by atoms with E-state index >= 15 is 0 Å². The van der Waals surface area contributed by atoms with Crippen LogP contribution in [0.1, 0.15) is 25.5 Å². The van der Waals surface area contributed by atoms with Gasteiger partial charge in [0, 0.05) is 6.04 Å². The van der Waals surface area contributed by atoms with Crippen molar-refractivity contribution in [3.63, 3.8) is 0 Å². The molecule has 2 atom stereocenters. The molecule has 16 heavy (non-hydrogen) atoms. The fourth-order valence-corrected chi connectivity index (χ4v) is 2.64. The highest BCUT2D eigenvalue weighted by Crippen LogP contribution is 2.22. The van der Waals surface area contributed by atoms with Gasteiger partial charge in [-0.2, -0.15) is 0 Å². The third-order valence-electron chi connectivity index (χ3n) is 3.10. The maximum Gasteiger partial charge on any atom is 0.144 e. The van der Waals surface area contributed by atoms with E-state index in [1.54, 1.807) is 6.07 Å². The number of aromatic nitrogens is 1. The lowest BCUT2D eigenvalue weighted by Gasteiger charge is -2.27. The Balaban J connectivity index is 2.05. The van der Waals surface area contributed by atoms with Crippen LogP contribution in [0.5, 0.6) is 0 Å². The van der Waals surface area contributed by atoms with Crippen molar-refractivity contribution >= 4 is 15.9 Å². The van der Waals surface area contributed by atoms with E-state index in [-0.39, 0.29) is 5.82 Å². The van der Waals surface area contributed by atoms with Gasteiger partial charge in [-0.25, -0.2) is 9.37 Å². The predicted molar refractivity (Wildman–Crippen MR) is 65.8 cm³/mol. The summed E-state index contributed by atoms with van der Waals surface area (Å²) in [4.78, 5) is 4.21. The van der Waals surface area contributed by atoms with Crippen molar-refractivity contribution in [1.82, 2.24) is 10.3 Å². The van der Waals surface area contributed by atoms with Crippen molar-refractivity contribution in [1.29, 1.82) is 0 Å². The number of nitrogens with zero attached hydrogens (tertiary/aromatic N) is 1. The molecule has 1 fully saturated rings. The first-order chi connectivity index (χ1) is 7.65. The van der Waals surface area contributed by atoms with Crippen LogP contribution >= 0.6 is 15.9 Å². The van der Waals surface area contributed by atoms with Crippen LogP contribution in [0.25, 0.3) is 0 Å². The molecule has 4 heteroatoms. The Morgan fingerprint density at radius 3 is 3.12 bits per heavy atom. The van der Waals surface area contributed by atoms with Gasteiger partial charge in [0.1, 0.15) is 10.4 Å². The average Bonchev–Trinajstić information content (AvgIpc) is 2.24. The molecule has 0 spiro atoms. The second kappa shape index (κ2) is 5.23. The molecule has 88 valence electrons. The fourth-order valence-electron chi connectivity index (χ4n) is 2.29. The van der Waals surface area contributed by atoms with Crippen LogP contribution in [0.15, 0.2) is 16.7 Å². The van der Waals surface area contributed by atoms with E-state index in [0.29, 0.717) is 22.3 Å². The molecule has 2 rings (SSSR count). The quantitative estimate of drug-likeness (QED) is 0.846. The fraction of sp³-hybridized carbons (Fsp3) is 0.583. The zero-order valence-electron chi connectivity index (χ0n) is 9.34. The summed E-state index contributed by atoms with van der Waals surface area (Å²) in [7, 11) is 0. The summed E-state index contributed by atoms with van der Waals surface area (Å²) in [5.41, 5.74) is 0.591. The normalized spacial score (nSPS) is 25.7. The zero-order valence-corrected chi connectivity index (χ0v) is 10.9. The summed E-state index contributed by atoms with van der Waals surface area (Å²) in [6.07, 6.45) is 2.96. The Hall–Kier alpha value is -0.480. The number of pyridine rings is 1. The van der Waals surface area contributed by atoms with E-state index in [1.807, 2.05) is 0 Å². The summed E-state index contributed by atoms with van der Waals surface area (Å²) >= 11 is 3.28. The molecular weight excluding hydrogens is 271 g/mol.